The largest absolute Gasteiger partial charge is 0.488 e. The van der Waals surface area contributed by atoms with Gasteiger partial charge >= 0.3 is 5.97 Å². The fourth-order valence-electron chi connectivity index (χ4n) is 2.86. The Labute approximate surface area is 140 Å². The summed E-state index contributed by atoms with van der Waals surface area (Å²) in [6, 6.07) is 16.3. The molecule has 0 spiro atoms. The van der Waals surface area contributed by atoms with Gasteiger partial charge in [-0.05, 0) is 29.3 Å². The Bertz CT molecular complexity index is 757. The van der Waals surface area contributed by atoms with Gasteiger partial charge in [-0.2, -0.15) is 5.26 Å². The number of nitrogens with zero attached hydrogens (tertiary/aromatic N) is 1. The van der Waals surface area contributed by atoms with Gasteiger partial charge in [-0.3, -0.25) is 5.32 Å². The van der Waals surface area contributed by atoms with Crippen LogP contribution in [-0.4, -0.2) is 25.7 Å². The standard InChI is InChI=1S/C19H18N2O3/c1-23-19(22)18(15-7-4-5-13(9-15)11-20)21-12-16-10-14-6-2-3-8-17(14)24-16/h2-9,16,18,21H,10,12H2,1H3/t16-,18-/m1/s1. The number of nitriles is 1. The summed E-state index contributed by atoms with van der Waals surface area (Å²) in [6.07, 6.45) is 0.767. The van der Waals surface area contributed by atoms with Gasteiger partial charge in [0.25, 0.3) is 0 Å². The van der Waals surface area contributed by atoms with Crippen molar-refractivity contribution >= 4 is 5.97 Å². The summed E-state index contributed by atoms with van der Waals surface area (Å²) in [6.45, 7) is 0.505. The number of para-hydroxylation sites is 1. The number of fused-ring (bicyclic) bond motifs is 1. The van der Waals surface area contributed by atoms with Crippen molar-refractivity contribution < 1.29 is 14.3 Å². The van der Waals surface area contributed by atoms with Crippen LogP contribution < -0.4 is 10.1 Å². The monoisotopic (exact) mass is 322 g/mol. The molecule has 5 heteroatoms. The maximum absolute atomic E-state index is 12.1. The smallest absolute Gasteiger partial charge is 0.327 e. The molecule has 0 amide bonds. The molecule has 0 saturated heterocycles. The summed E-state index contributed by atoms with van der Waals surface area (Å²) in [4.78, 5) is 12.1. The Balaban J connectivity index is 1.70. The quantitative estimate of drug-likeness (QED) is 0.856. The summed E-state index contributed by atoms with van der Waals surface area (Å²) < 4.78 is 10.8. The third-order valence-electron chi connectivity index (χ3n) is 4.05. The molecule has 5 nitrogen and oxygen atoms in total. The first-order valence-corrected chi connectivity index (χ1v) is 7.77. The molecule has 2 aromatic rings. The van der Waals surface area contributed by atoms with Gasteiger partial charge in [0.05, 0.1) is 18.7 Å². The minimum absolute atomic E-state index is 0.0336. The second kappa shape index (κ2) is 7.16. The van der Waals surface area contributed by atoms with Crippen molar-refractivity contribution in [2.45, 2.75) is 18.6 Å². The molecule has 1 heterocycles. The summed E-state index contributed by atoms with van der Waals surface area (Å²) in [7, 11) is 1.35. The van der Waals surface area contributed by atoms with Crippen LogP contribution in [-0.2, 0) is 16.0 Å². The molecule has 0 saturated carbocycles. The zero-order chi connectivity index (χ0) is 16.9. The van der Waals surface area contributed by atoms with Crippen molar-refractivity contribution in [2.75, 3.05) is 13.7 Å². The van der Waals surface area contributed by atoms with E-state index in [1.54, 1.807) is 24.3 Å². The minimum atomic E-state index is -0.629. The molecule has 0 unspecified atom stereocenters. The molecule has 24 heavy (non-hydrogen) atoms. The molecule has 2 aromatic carbocycles. The van der Waals surface area contributed by atoms with E-state index in [4.69, 9.17) is 14.7 Å². The van der Waals surface area contributed by atoms with Gasteiger partial charge in [0.15, 0.2) is 0 Å². The lowest BCUT2D eigenvalue weighted by molar-refractivity contribution is -0.143. The number of esters is 1. The predicted octanol–water partition coefficient (Wildman–Crippen LogP) is 2.37. The third-order valence-corrected chi connectivity index (χ3v) is 4.05. The number of carbonyl (C=O) groups excluding carboxylic acids is 1. The van der Waals surface area contributed by atoms with E-state index < -0.39 is 6.04 Å². The van der Waals surface area contributed by atoms with Gasteiger partial charge in [0.2, 0.25) is 0 Å². The van der Waals surface area contributed by atoms with E-state index in [0.717, 1.165) is 12.2 Å². The molecule has 0 aromatic heterocycles. The Hall–Kier alpha value is -2.84. The summed E-state index contributed by atoms with van der Waals surface area (Å²) in [5.74, 6) is 0.506. The van der Waals surface area contributed by atoms with Crippen LogP contribution in [0, 0.1) is 11.3 Å². The predicted molar refractivity (Wildman–Crippen MR) is 88.5 cm³/mol. The van der Waals surface area contributed by atoms with Crippen molar-refractivity contribution in [3.05, 3.63) is 65.2 Å². The van der Waals surface area contributed by atoms with Crippen LogP contribution >= 0.6 is 0 Å². The first kappa shape index (κ1) is 16.0. The number of methoxy groups -OCH3 is 1. The molecule has 1 N–H and O–H groups in total. The second-order valence-corrected chi connectivity index (χ2v) is 5.65. The van der Waals surface area contributed by atoms with Crippen molar-refractivity contribution in [1.29, 1.82) is 5.26 Å². The average Bonchev–Trinajstić information content (AvgIpc) is 3.04. The molecule has 1 aliphatic rings. The van der Waals surface area contributed by atoms with E-state index in [9.17, 15) is 4.79 Å². The molecule has 2 atom stereocenters. The van der Waals surface area contributed by atoms with E-state index in [1.807, 2.05) is 24.3 Å². The molecule has 3 rings (SSSR count). The van der Waals surface area contributed by atoms with Crippen LogP contribution in [0.3, 0.4) is 0 Å². The van der Waals surface area contributed by atoms with E-state index in [0.29, 0.717) is 17.7 Å². The van der Waals surface area contributed by atoms with Gasteiger partial charge in [-0.15, -0.1) is 0 Å². The van der Waals surface area contributed by atoms with Crippen LogP contribution in [0.2, 0.25) is 0 Å². The molecular weight excluding hydrogens is 304 g/mol. The highest BCUT2D eigenvalue weighted by molar-refractivity contribution is 5.77. The highest BCUT2D eigenvalue weighted by Gasteiger charge is 2.26. The van der Waals surface area contributed by atoms with E-state index in [-0.39, 0.29) is 12.1 Å². The normalized spacial score (nSPS) is 16.6. The first-order chi connectivity index (χ1) is 11.7. The molecule has 0 bridgehead atoms. The lowest BCUT2D eigenvalue weighted by Crippen LogP contribution is -2.37. The molecule has 0 radical (unpaired) electrons. The highest BCUT2D eigenvalue weighted by Crippen LogP contribution is 2.28. The summed E-state index contributed by atoms with van der Waals surface area (Å²) in [5, 5.41) is 12.2. The fraction of sp³-hybridized carbons (Fsp3) is 0.263. The van der Waals surface area contributed by atoms with E-state index >= 15 is 0 Å². The zero-order valence-corrected chi connectivity index (χ0v) is 13.4. The van der Waals surface area contributed by atoms with Gasteiger partial charge in [0.1, 0.15) is 17.9 Å². The fourth-order valence-corrected chi connectivity index (χ4v) is 2.86. The van der Waals surface area contributed by atoms with Gasteiger partial charge in [-0.25, -0.2) is 4.79 Å². The maximum atomic E-state index is 12.1. The molecule has 1 aliphatic heterocycles. The minimum Gasteiger partial charge on any atom is -0.488 e. The Kier molecular flexibility index (Phi) is 4.78. The van der Waals surface area contributed by atoms with Crippen LogP contribution in [0.1, 0.15) is 22.7 Å². The summed E-state index contributed by atoms with van der Waals surface area (Å²) >= 11 is 0. The van der Waals surface area contributed by atoms with Crippen LogP contribution in [0.25, 0.3) is 0 Å². The van der Waals surface area contributed by atoms with Crippen LogP contribution in [0.5, 0.6) is 5.75 Å². The topological polar surface area (TPSA) is 71.3 Å². The maximum Gasteiger partial charge on any atom is 0.327 e. The summed E-state index contributed by atoms with van der Waals surface area (Å²) in [5.41, 5.74) is 2.38. The lowest BCUT2D eigenvalue weighted by atomic mass is 10.0. The van der Waals surface area contributed by atoms with Crippen LogP contribution in [0.15, 0.2) is 48.5 Å². The lowest BCUT2D eigenvalue weighted by Gasteiger charge is -2.19. The number of benzene rings is 2. The Morgan fingerprint density at radius 3 is 2.96 bits per heavy atom. The molecular formula is C19H18N2O3. The van der Waals surface area contributed by atoms with Gasteiger partial charge in [0, 0.05) is 13.0 Å². The van der Waals surface area contributed by atoms with Crippen molar-refractivity contribution in [3.8, 4) is 11.8 Å². The first-order valence-electron chi connectivity index (χ1n) is 7.77. The van der Waals surface area contributed by atoms with E-state index in [2.05, 4.69) is 11.4 Å². The number of rotatable bonds is 5. The number of nitrogens with one attached hydrogen (secondary N) is 1. The van der Waals surface area contributed by atoms with Crippen molar-refractivity contribution in [3.63, 3.8) is 0 Å². The second-order valence-electron chi connectivity index (χ2n) is 5.65. The Morgan fingerprint density at radius 1 is 1.38 bits per heavy atom. The average molecular weight is 322 g/mol. The zero-order valence-electron chi connectivity index (χ0n) is 13.4. The van der Waals surface area contributed by atoms with E-state index in [1.165, 1.54) is 12.7 Å². The number of ether oxygens (including phenoxy) is 2. The molecule has 0 aliphatic carbocycles. The van der Waals surface area contributed by atoms with Crippen molar-refractivity contribution in [2.24, 2.45) is 0 Å². The molecule has 122 valence electrons. The molecule has 0 fully saturated rings. The number of carbonyl (C=O) groups is 1. The van der Waals surface area contributed by atoms with Gasteiger partial charge < -0.3 is 9.47 Å². The SMILES string of the molecule is COC(=O)[C@H](NC[C@H]1Cc2ccccc2O1)c1cccc(C#N)c1. The van der Waals surface area contributed by atoms with Gasteiger partial charge in [-0.1, -0.05) is 30.3 Å². The van der Waals surface area contributed by atoms with Crippen molar-refractivity contribution in [1.82, 2.24) is 5.32 Å². The Morgan fingerprint density at radius 2 is 2.21 bits per heavy atom. The third kappa shape index (κ3) is 3.39. The van der Waals surface area contributed by atoms with Crippen LogP contribution in [0.4, 0.5) is 0 Å². The highest BCUT2D eigenvalue weighted by atomic mass is 16.5. The number of hydrogen-bond acceptors (Lipinski definition) is 5. The number of hydrogen-bond donors (Lipinski definition) is 1.